The lowest BCUT2D eigenvalue weighted by molar-refractivity contribution is -0.0129. The van der Waals surface area contributed by atoms with Crippen molar-refractivity contribution in [2.45, 2.75) is 51.5 Å². The zero-order chi connectivity index (χ0) is 17.3. The number of nitrogens with zero attached hydrogens (tertiary/aromatic N) is 2. The highest BCUT2D eigenvalue weighted by atomic mass is 16.6. The van der Waals surface area contributed by atoms with E-state index in [2.05, 4.69) is 0 Å². The van der Waals surface area contributed by atoms with Gasteiger partial charge in [0.1, 0.15) is 12.2 Å². The van der Waals surface area contributed by atoms with Crippen LogP contribution in [0, 0.1) is 0 Å². The van der Waals surface area contributed by atoms with E-state index in [1.54, 1.807) is 9.80 Å². The number of benzene rings is 1. The van der Waals surface area contributed by atoms with Crippen LogP contribution >= 0.6 is 0 Å². The van der Waals surface area contributed by atoms with E-state index in [4.69, 9.17) is 9.47 Å². The second-order valence-corrected chi connectivity index (χ2v) is 7.29. The lowest BCUT2D eigenvalue weighted by Crippen LogP contribution is -2.64. The first-order chi connectivity index (χ1) is 11.3. The molecule has 0 N–H and O–H groups in total. The molecule has 2 saturated heterocycles. The average Bonchev–Trinajstić information content (AvgIpc) is 2.81. The van der Waals surface area contributed by atoms with Crippen LogP contribution in [0.4, 0.5) is 9.59 Å². The summed E-state index contributed by atoms with van der Waals surface area (Å²) >= 11 is 0. The number of hydrogen-bond donors (Lipinski definition) is 0. The molecule has 2 fully saturated rings. The van der Waals surface area contributed by atoms with Crippen molar-refractivity contribution >= 4 is 12.2 Å². The van der Waals surface area contributed by atoms with Crippen LogP contribution in [0.5, 0.6) is 0 Å². The van der Waals surface area contributed by atoms with Crippen LogP contribution < -0.4 is 0 Å². The zero-order valence-corrected chi connectivity index (χ0v) is 14.4. The third-order valence-electron chi connectivity index (χ3n) is 4.36. The maximum absolute atomic E-state index is 12.2. The summed E-state index contributed by atoms with van der Waals surface area (Å²) in [5.41, 5.74) is 0.456. The van der Waals surface area contributed by atoms with Gasteiger partial charge in [-0.1, -0.05) is 30.3 Å². The Kier molecular flexibility index (Phi) is 4.39. The third-order valence-corrected chi connectivity index (χ3v) is 4.36. The average molecular weight is 332 g/mol. The summed E-state index contributed by atoms with van der Waals surface area (Å²) in [4.78, 5) is 27.9. The second-order valence-electron chi connectivity index (χ2n) is 7.29. The van der Waals surface area contributed by atoms with Crippen molar-refractivity contribution in [2.24, 2.45) is 0 Å². The summed E-state index contributed by atoms with van der Waals surface area (Å²) in [5.74, 6) is 0. The maximum Gasteiger partial charge on any atom is 0.410 e. The SMILES string of the molecule is CC(C)(C)OC(=O)N1CC[C@@H]2C1CN2C(=O)OCc1ccccc1. The minimum Gasteiger partial charge on any atom is -0.445 e. The Morgan fingerprint density at radius 3 is 2.46 bits per heavy atom. The van der Waals surface area contributed by atoms with Gasteiger partial charge in [0.05, 0.1) is 12.1 Å². The fraction of sp³-hybridized carbons (Fsp3) is 0.556. The Labute approximate surface area is 142 Å². The van der Waals surface area contributed by atoms with Crippen molar-refractivity contribution < 1.29 is 19.1 Å². The molecule has 0 saturated carbocycles. The molecule has 0 spiro atoms. The first-order valence-corrected chi connectivity index (χ1v) is 8.32. The van der Waals surface area contributed by atoms with Crippen LogP contribution in [0.1, 0.15) is 32.8 Å². The van der Waals surface area contributed by atoms with E-state index in [9.17, 15) is 9.59 Å². The molecule has 1 aromatic carbocycles. The van der Waals surface area contributed by atoms with Crippen molar-refractivity contribution in [3.63, 3.8) is 0 Å². The van der Waals surface area contributed by atoms with E-state index in [1.165, 1.54) is 0 Å². The van der Waals surface area contributed by atoms with E-state index in [1.807, 2.05) is 51.1 Å². The molecule has 2 heterocycles. The van der Waals surface area contributed by atoms with Gasteiger partial charge in [-0.2, -0.15) is 0 Å². The quantitative estimate of drug-likeness (QED) is 0.835. The van der Waals surface area contributed by atoms with Gasteiger partial charge in [-0.25, -0.2) is 9.59 Å². The van der Waals surface area contributed by atoms with E-state index in [0.29, 0.717) is 13.1 Å². The zero-order valence-electron chi connectivity index (χ0n) is 14.4. The smallest absolute Gasteiger partial charge is 0.410 e. The standard InChI is InChI=1S/C18H24N2O4/c1-18(2,3)24-17(22)19-10-9-14-15(19)11-20(14)16(21)23-12-13-7-5-4-6-8-13/h4-8,14-15H,9-12H2,1-3H3/t14-,15?/m1/s1. The molecule has 0 aromatic heterocycles. The molecule has 2 aliphatic heterocycles. The molecule has 0 bridgehead atoms. The molecule has 3 rings (SSSR count). The van der Waals surface area contributed by atoms with Gasteiger partial charge in [-0.15, -0.1) is 0 Å². The fourth-order valence-corrected chi connectivity index (χ4v) is 3.18. The number of carbonyl (C=O) groups is 2. The fourth-order valence-electron chi connectivity index (χ4n) is 3.18. The van der Waals surface area contributed by atoms with E-state index >= 15 is 0 Å². The highest BCUT2D eigenvalue weighted by molar-refractivity contribution is 5.73. The molecular weight excluding hydrogens is 308 g/mol. The van der Waals surface area contributed by atoms with Gasteiger partial charge in [0.15, 0.2) is 0 Å². The molecule has 2 amide bonds. The number of hydrogen-bond acceptors (Lipinski definition) is 4. The first kappa shape index (κ1) is 16.6. The molecule has 2 aliphatic rings. The van der Waals surface area contributed by atoms with Gasteiger partial charge in [0.2, 0.25) is 0 Å². The minimum absolute atomic E-state index is 0.0424. The van der Waals surface area contributed by atoms with Crippen LogP contribution in [-0.4, -0.2) is 52.8 Å². The second kappa shape index (κ2) is 6.34. The Morgan fingerprint density at radius 2 is 1.79 bits per heavy atom. The van der Waals surface area contributed by atoms with E-state index in [-0.39, 0.29) is 30.9 Å². The van der Waals surface area contributed by atoms with Gasteiger partial charge in [0, 0.05) is 13.1 Å². The number of ether oxygens (including phenoxy) is 2. The van der Waals surface area contributed by atoms with Gasteiger partial charge >= 0.3 is 12.2 Å². The molecule has 0 aliphatic carbocycles. The molecule has 6 heteroatoms. The number of fused-ring (bicyclic) bond motifs is 1. The Hall–Kier alpha value is -2.24. The summed E-state index contributed by atoms with van der Waals surface area (Å²) in [6.45, 7) is 6.96. The molecular formula is C18H24N2O4. The normalized spacial score (nSPS) is 22.6. The Morgan fingerprint density at radius 1 is 1.08 bits per heavy atom. The van der Waals surface area contributed by atoms with Crippen molar-refractivity contribution in [1.82, 2.24) is 9.80 Å². The van der Waals surface area contributed by atoms with Crippen molar-refractivity contribution in [2.75, 3.05) is 13.1 Å². The first-order valence-electron chi connectivity index (χ1n) is 8.32. The molecule has 6 nitrogen and oxygen atoms in total. The molecule has 2 atom stereocenters. The largest absolute Gasteiger partial charge is 0.445 e. The predicted octanol–water partition coefficient (Wildman–Crippen LogP) is 3.02. The Bertz CT molecular complexity index is 611. The summed E-state index contributed by atoms with van der Waals surface area (Å²) in [7, 11) is 0. The molecule has 130 valence electrons. The number of likely N-dealkylation sites (tertiary alicyclic amines) is 2. The van der Waals surface area contributed by atoms with Crippen molar-refractivity contribution in [3.8, 4) is 0 Å². The Balaban J connectivity index is 1.50. The van der Waals surface area contributed by atoms with Crippen LogP contribution in [0.15, 0.2) is 30.3 Å². The van der Waals surface area contributed by atoms with Gasteiger partial charge in [-0.05, 0) is 32.8 Å². The van der Waals surface area contributed by atoms with Gasteiger partial charge in [-0.3, -0.25) is 0 Å². The minimum atomic E-state index is -0.507. The van der Waals surface area contributed by atoms with Gasteiger partial charge < -0.3 is 19.3 Å². The predicted molar refractivity (Wildman–Crippen MR) is 88.5 cm³/mol. The summed E-state index contributed by atoms with van der Waals surface area (Å²) in [6, 6.07) is 9.69. The summed E-state index contributed by atoms with van der Waals surface area (Å²) < 4.78 is 10.8. The topological polar surface area (TPSA) is 59.1 Å². The van der Waals surface area contributed by atoms with Crippen molar-refractivity contribution in [1.29, 1.82) is 0 Å². The van der Waals surface area contributed by atoms with E-state index in [0.717, 1.165) is 12.0 Å². The number of amides is 2. The van der Waals surface area contributed by atoms with Crippen LogP contribution in [-0.2, 0) is 16.1 Å². The van der Waals surface area contributed by atoms with Gasteiger partial charge in [0.25, 0.3) is 0 Å². The van der Waals surface area contributed by atoms with Crippen LogP contribution in [0.3, 0.4) is 0 Å². The molecule has 0 radical (unpaired) electrons. The highest BCUT2D eigenvalue weighted by Gasteiger charge is 2.52. The molecule has 1 unspecified atom stereocenters. The number of carbonyl (C=O) groups excluding carboxylic acids is 2. The summed E-state index contributed by atoms with van der Waals surface area (Å²) in [5, 5.41) is 0. The van der Waals surface area contributed by atoms with Crippen molar-refractivity contribution in [3.05, 3.63) is 35.9 Å². The number of rotatable bonds is 2. The molecule has 1 aromatic rings. The maximum atomic E-state index is 12.2. The van der Waals surface area contributed by atoms with Crippen LogP contribution in [0.25, 0.3) is 0 Å². The summed E-state index contributed by atoms with van der Waals surface area (Å²) in [6.07, 6.45) is 0.156. The lowest BCUT2D eigenvalue weighted by atomic mass is 9.98. The highest BCUT2D eigenvalue weighted by Crippen LogP contribution is 2.34. The van der Waals surface area contributed by atoms with Crippen LogP contribution in [0.2, 0.25) is 0 Å². The monoisotopic (exact) mass is 332 g/mol. The van der Waals surface area contributed by atoms with E-state index < -0.39 is 5.60 Å². The molecule has 24 heavy (non-hydrogen) atoms. The third kappa shape index (κ3) is 3.47. The lowest BCUT2D eigenvalue weighted by Gasteiger charge is -2.45.